The van der Waals surface area contributed by atoms with Crippen LogP contribution in [-0.4, -0.2) is 38.7 Å². The first-order chi connectivity index (χ1) is 12.5. The summed E-state index contributed by atoms with van der Waals surface area (Å²) in [6.07, 6.45) is -2.88. The summed E-state index contributed by atoms with van der Waals surface area (Å²) in [5, 5.41) is 0.430. The molecule has 148 valence electrons. The van der Waals surface area contributed by atoms with Gasteiger partial charge in [0.2, 0.25) is 0 Å². The Kier molecular flexibility index (Phi) is 7.17. The van der Waals surface area contributed by atoms with Crippen molar-refractivity contribution >= 4 is 32.4 Å². The van der Waals surface area contributed by atoms with Crippen LogP contribution in [-0.2, 0) is 29.2 Å². The molecule has 0 aliphatic rings. The van der Waals surface area contributed by atoms with E-state index in [4.69, 9.17) is 25.4 Å². The molecule has 12 heteroatoms. The Labute approximate surface area is 161 Å². The minimum atomic E-state index is -5.00. The highest BCUT2D eigenvalue weighted by Gasteiger charge is 2.32. The van der Waals surface area contributed by atoms with Crippen LogP contribution in [0.1, 0.15) is 11.7 Å². The Morgan fingerprint density at radius 3 is 2.00 bits per heavy atom. The first kappa shape index (κ1) is 21.6. The Balaban J connectivity index is 2.39. The second kappa shape index (κ2) is 8.97. The van der Waals surface area contributed by atoms with Crippen LogP contribution in [0.15, 0.2) is 54.6 Å². The van der Waals surface area contributed by atoms with E-state index in [1.807, 2.05) is 0 Å². The number of rotatable bonds is 9. The standard InChI is InChI=1S/C15H15ClO9S2/c16-12-6-8-13(9-7-12)24-15(11-4-2-1-3-5-11)14(25-27(20,21)22)10-23-26(17,18)19/h1-9,14-15H,10H2,(H,17,18,19)(H,20,21,22). The van der Waals surface area contributed by atoms with E-state index < -0.39 is 39.6 Å². The fourth-order valence-corrected chi connectivity index (χ4v) is 3.04. The van der Waals surface area contributed by atoms with Crippen LogP contribution >= 0.6 is 11.6 Å². The molecule has 2 rings (SSSR count). The predicted molar refractivity (Wildman–Crippen MR) is 95.2 cm³/mol. The van der Waals surface area contributed by atoms with Gasteiger partial charge in [-0.05, 0) is 29.8 Å². The van der Waals surface area contributed by atoms with Gasteiger partial charge in [-0.15, -0.1) is 0 Å². The Bertz CT molecular complexity index is 945. The Morgan fingerprint density at radius 2 is 1.48 bits per heavy atom. The van der Waals surface area contributed by atoms with Crippen molar-refractivity contribution in [3.63, 3.8) is 0 Å². The van der Waals surface area contributed by atoms with Crippen molar-refractivity contribution in [3.8, 4) is 5.75 Å². The minimum Gasteiger partial charge on any atom is -0.483 e. The van der Waals surface area contributed by atoms with Gasteiger partial charge in [-0.2, -0.15) is 16.8 Å². The molecule has 0 saturated heterocycles. The third-order valence-electron chi connectivity index (χ3n) is 3.17. The fraction of sp³-hybridized carbons (Fsp3) is 0.200. The molecule has 0 aromatic heterocycles. The quantitative estimate of drug-likeness (QED) is 0.565. The highest BCUT2D eigenvalue weighted by atomic mass is 35.5. The fourth-order valence-electron chi connectivity index (χ4n) is 2.14. The van der Waals surface area contributed by atoms with Crippen molar-refractivity contribution in [2.45, 2.75) is 12.2 Å². The number of hydrogen-bond donors (Lipinski definition) is 2. The van der Waals surface area contributed by atoms with Gasteiger partial charge in [-0.25, -0.2) is 8.37 Å². The van der Waals surface area contributed by atoms with Gasteiger partial charge in [-0.3, -0.25) is 9.11 Å². The van der Waals surface area contributed by atoms with Crippen LogP contribution < -0.4 is 4.74 Å². The number of ether oxygens (including phenoxy) is 1. The summed E-state index contributed by atoms with van der Waals surface area (Å²) in [4.78, 5) is 0. The average molecular weight is 439 g/mol. The molecule has 2 atom stereocenters. The summed E-state index contributed by atoms with van der Waals surface area (Å²) < 4.78 is 76.4. The second-order valence-corrected chi connectivity index (χ2v) is 7.75. The number of halogens is 1. The molecule has 0 saturated carbocycles. The summed E-state index contributed by atoms with van der Waals surface area (Å²) in [7, 11) is -9.90. The highest BCUT2D eigenvalue weighted by molar-refractivity contribution is 7.81. The third-order valence-corrected chi connectivity index (χ3v) is 4.35. The summed E-state index contributed by atoms with van der Waals surface area (Å²) in [5.41, 5.74) is 0.389. The van der Waals surface area contributed by atoms with E-state index >= 15 is 0 Å². The molecule has 2 aromatic rings. The lowest BCUT2D eigenvalue weighted by atomic mass is 10.0. The van der Waals surface area contributed by atoms with E-state index in [-0.39, 0.29) is 5.75 Å². The Morgan fingerprint density at radius 1 is 0.889 bits per heavy atom. The normalized spacial score (nSPS) is 14.5. The topological polar surface area (TPSA) is 136 Å². The Hall–Kier alpha value is -1.73. The SMILES string of the molecule is O=S(=O)(O)OCC(OS(=O)(=O)O)C(Oc1ccc(Cl)cc1)c1ccccc1. The van der Waals surface area contributed by atoms with Crippen molar-refractivity contribution in [3.05, 3.63) is 65.2 Å². The van der Waals surface area contributed by atoms with Crippen LogP contribution in [0.5, 0.6) is 5.75 Å². The molecular weight excluding hydrogens is 424 g/mol. The molecule has 0 fully saturated rings. The summed E-state index contributed by atoms with van der Waals surface area (Å²) in [5.74, 6) is 0.254. The van der Waals surface area contributed by atoms with Crippen molar-refractivity contribution < 1.29 is 39.0 Å². The smallest absolute Gasteiger partial charge is 0.397 e. The van der Waals surface area contributed by atoms with Gasteiger partial charge in [0.15, 0.2) is 6.10 Å². The molecular formula is C15H15ClO9S2. The lowest BCUT2D eigenvalue weighted by molar-refractivity contribution is 0.0175. The molecule has 2 unspecified atom stereocenters. The van der Waals surface area contributed by atoms with E-state index in [1.54, 1.807) is 30.3 Å². The van der Waals surface area contributed by atoms with Gasteiger partial charge in [0.1, 0.15) is 18.5 Å². The molecule has 0 aliphatic carbocycles. The maximum Gasteiger partial charge on any atom is 0.397 e. The summed E-state index contributed by atoms with van der Waals surface area (Å²) in [6.45, 7) is -0.953. The molecule has 9 nitrogen and oxygen atoms in total. The molecule has 0 heterocycles. The molecule has 0 amide bonds. The zero-order valence-corrected chi connectivity index (χ0v) is 15.9. The van der Waals surface area contributed by atoms with Crippen LogP contribution in [0.2, 0.25) is 5.02 Å². The maximum absolute atomic E-state index is 11.2. The number of benzene rings is 2. The largest absolute Gasteiger partial charge is 0.483 e. The monoisotopic (exact) mass is 438 g/mol. The first-order valence-corrected chi connectivity index (χ1v) is 10.4. The highest BCUT2D eigenvalue weighted by Crippen LogP contribution is 2.28. The molecule has 0 spiro atoms. The molecule has 0 bridgehead atoms. The molecule has 2 aromatic carbocycles. The van der Waals surface area contributed by atoms with Crippen molar-refractivity contribution in [1.29, 1.82) is 0 Å². The summed E-state index contributed by atoms with van der Waals surface area (Å²) in [6, 6.07) is 14.1. The van der Waals surface area contributed by atoms with Crippen molar-refractivity contribution in [2.24, 2.45) is 0 Å². The lowest BCUT2D eigenvalue weighted by Gasteiger charge is -2.26. The first-order valence-electron chi connectivity index (χ1n) is 7.28. The molecule has 27 heavy (non-hydrogen) atoms. The zero-order chi connectivity index (χ0) is 20.1. The van der Waals surface area contributed by atoms with Gasteiger partial charge in [-0.1, -0.05) is 41.9 Å². The van der Waals surface area contributed by atoms with Gasteiger partial charge >= 0.3 is 20.8 Å². The van der Waals surface area contributed by atoms with Crippen molar-refractivity contribution in [1.82, 2.24) is 0 Å². The van der Waals surface area contributed by atoms with E-state index in [2.05, 4.69) is 8.37 Å². The average Bonchev–Trinajstić information content (AvgIpc) is 2.57. The molecule has 0 aliphatic heterocycles. The van der Waals surface area contributed by atoms with Gasteiger partial charge < -0.3 is 4.74 Å². The molecule has 0 radical (unpaired) electrons. The predicted octanol–water partition coefficient (Wildman–Crippen LogP) is 2.47. The van der Waals surface area contributed by atoms with E-state index in [0.717, 1.165) is 0 Å². The minimum absolute atomic E-state index is 0.254. The van der Waals surface area contributed by atoms with Crippen LogP contribution in [0.4, 0.5) is 0 Å². The number of hydrogen-bond acceptors (Lipinski definition) is 7. The van der Waals surface area contributed by atoms with E-state index in [9.17, 15) is 16.8 Å². The van der Waals surface area contributed by atoms with E-state index in [0.29, 0.717) is 10.6 Å². The molecule has 2 N–H and O–H groups in total. The van der Waals surface area contributed by atoms with Crippen molar-refractivity contribution in [2.75, 3.05) is 6.61 Å². The van der Waals surface area contributed by atoms with Crippen LogP contribution in [0, 0.1) is 0 Å². The second-order valence-electron chi connectivity index (χ2n) is 5.18. The third kappa shape index (κ3) is 7.81. The van der Waals surface area contributed by atoms with Gasteiger partial charge in [0.25, 0.3) is 0 Å². The van der Waals surface area contributed by atoms with Crippen LogP contribution in [0.25, 0.3) is 0 Å². The van der Waals surface area contributed by atoms with Gasteiger partial charge in [0.05, 0.1) is 0 Å². The van der Waals surface area contributed by atoms with Crippen LogP contribution in [0.3, 0.4) is 0 Å². The van der Waals surface area contributed by atoms with E-state index in [1.165, 1.54) is 24.3 Å². The van der Waals surface area contributed by atoms with Gasteiger partial charge in [0, 0.05) is 5.02 Å². The maximum atomic E-state index is 11.2. The summed E-state index contributed by atoms with van der Waals surface area (Å²) >= 11 is 5.81. The zero-order valence-electron chi connectivity index (χ0n) is 13.5. The lowest BCUT2D eigenvalue weighted by Crippen LogP contribution is -2.34.